The monoisotopic (exact) mass is 156 g/mol. The standard InChI is InChI=1S/C7H12N2O2/c10-6-5-8-7(11)3-1-2-4-9(6)7/h8,11H,1-5H2/t7-/m0/s1. The Labute approximate surface area is 65.2 Å². The molecule has 0 bridgehead atoms. The van der Waals surface area contributed by atoms with Crippen molar-refractivity contribution in [3.63, 3.8) is 0 Å². The number of aliphatic hydroxyl groups is 1. The van der Waals surface area contributed by atoms with Gasteiger partial charge in [0, 0.05) is 13.0 Å². The first-order valence-electron chi connectivity index (χ1n) is 4.00. The van der Waals surface area contributed by atoms with Gasteiger partial charge < -0.3 is 10.0 Å². The van der Waals surface area contributed by atoms with E-state index in [1.54, 1.807) is 0 Å². The third-order valence-corrected chi connectivity index (χ3v) is 2.43. The van der Waals surface area contributed by atoms with Crippen molar-refractivity contribution >= 4 is 5.91 Å². The topological polar surface area (TPSA) is 52.6 Å². The van der Waals surface area contributed by atoms with Crippen LogP contribution in [0.25, 0.3) is 0 Å². The Bertz CT molecular complexity index is 195. The minimum Gasteiger partial charge on any atom is -0.358 e. The molecule has 0 spiro atoms. The van der Waals surface area contributed by atoms with Crippen molar-refractivity contribution in [1.29, 1.82) is 0 Å². The van der Waals surface area contributed by atoms with E-state index >= 15 is 0 Å². The number of piperidine rings is 1. The van der Waals surface area contributed by atoms with Gasteiger partial charge in [-0.25, -0.2) is 0 Å². The average molecular weight is 156 g/mol. The van der Waals surface area contributed by atoms with E-state index in [2.05, 4.69) is 5.32 Å². The normalized spacial score (nSPS) is 37.5. The Morgan fingerprint density at radius 2 is 2.36 bits per heavy atom. The summed E-state index contributed by atoms with van der Waals surface area (Å²) in [5.41, 5.74) is 0. The lowest BCUT2D eigenvalue weighted by molar-refractivity contribution is -0.155. The van der Waals surface area contributed by atoms with Gasteiger partial charge in [-0.05, 0) is 12.8 Å². The van der Waals surface area contributed by atoms with Gasteiger partial charge in [0.2, 0.25) is 5.91 Å². The van der Waals surface area contributed by atoms with Gasteiger partial charge in [-0.15, -0.1) is 0 Å². The van der Waals surface area contributed by atoms with Crippen LogP contribution in [0.2, 0.25) is 0 Å². The van der Waals surface area contributed by atoms with Crippen molar-refractivity contribution in [2.24, 2.45) is 0 Å². The Balaban J connectivity index is 2.21. The fourth-order valence-electron chi connectivity index (χ4n) is 1.79. The highest BCUT2D eigenvalue weighted by atomic mass is 16.3. The Hall–Kier alpha value is -0.610. The molecule has 1 atom stereocenters. The maximum atomic E-state index is 11.1. The van der Waals surface area contributed by atoms with E-state index in [0.29, 0.717) is 13.0 Å². The van der Waals surface area contributed by atoms with Crippen LogP contribution >= 0.6 is 0 Å². The summed E-state index contributed by atoms with van der Waals surface area (Å²) in [6.45, 7) is 0.985. The van der Waals surface area contributed by atoms with Crippen LogP contribution in [0.3, 0.4) is 0 Å². The van der Waals surface area contributed by atoms with E-state index in [-0.39, 0.29) is 12.5 Å². The molecule has 2 heterocycles. The van der Waals surface area contributed by atoms with E-state index in [1.165, 1.54) is 4.90 Å². The molecule has 2 N–H and O–H groups in total. The second-order valence-electron chi connectivity index (χ2n) is 3.17. The summed E-state index contributed by atoms with van der Waals surface area (Å²) in [6.07, 6.45) is 2.67. The number of fused-ring (bicyclic) bond motifs is 1. The zero-order chi connectivity index (χ0) is 7.90. The molecule has 0 aromatic rings. The quantitative estimate of drug-likeness (QED) is 0.485. The van der Waals surface area contributed by atoms with E-state index < -0.39 is 5.85 Å². The fourth-order valence-corrected chi connectivity index (χ4v) is 1.79. The maximum absolute atomic E-state index is 11.1. The lowest BCUT2D eigenvalue weighted by atomic mass is 10.1. The predicted molar refractivity (Wildman–Crippen MR) is 38.5 cm³/mol. The van der Waals surface area contributed by atoms with Gasteiger partial charge in [0.1, 0.15) is 0 Å². The average Bonchev–Trinajstić information content (AvgIpc) is 2.29. The van der Waals surface area contributed by atoms with Crippen LogP contribution in [0.1, 0.15) is 19.3 Å². The van der Waals surface area contributed by atoms with Crippen molar-refractivity contribution in [2.75, 3.05) is 13.1 Å². The summed E-state index contributed by atoms with van der Waals surface area (Å²) in [7, 11) is 0. The van der Waals surface area contributed by atoms with Crippen LogP contribution in [0.15, 0.2) is 0 Å². The van der Waals surface area contributed by atoms with Crippen LogP contribution < -0.4 is 5.32 Å². The molecule has 0 aromatic heterocycles. The van der Waals surface area contributed by atoms with Crippen molar-refractivity contribution < 1.29 is 9.90 Å². The van der Waals surface area contributed by atoms with Crippen molar-refractivity contribution in [2.45, 2.75) is 25.1 Å². The number of nitrogens with zero attached hydrogens (tertiary/aromatic N) is 1. The van der Waals surface area contributed by atoms with Gasteiger partial charge in [-0.1, -0.05) is 0 Å². The number of rotatable bonds is 0. The van der Waals surface area contributed by atoms with Gasteiger partial charge in [-0.3, -0.25) is 10.1 Å². The van der Waals surface area contributed by atoms with Gasteiger partial charge in [0.25, 0.3) is 0 Å². The lowest BCUT2D eigenvalue weighted by Crippen LogP contribution is -2.54. The second-order valence-corrected chi connectivity index (χ2v) is 3.17. The minimum absolute atomic E-state index is 0.0206. The highest BCUT2D eigenvalue weighted by Crippen LogP contribution is 2.26. The number of hydrogen-bond acceptors (Lipinski definition) is 3. The first kappa shape index (κ1) is 7.06. The molecule has 11 heavy (non-hydrogen) atoms. The van der Waals surface area contributed by atoms with Gasteiger partial charge in [0.05, 0.1) is 6.54 Å². The van der Waals surface area contributed by atoms with Crippen molar-refractivity contribution in [3.8, 4) is 0 Å². The Morgan fingerprint density at radius 3 is 3.09 bits per heavy atom. The molecule has 62 valence electrons. The van der Waals surface area contributed by atoms with Crippen LogP contribution in [0.4, 0.5) is 0 Å². The Kier molecular flexibility index (Phi) is 1.40. The van der Waals surface area contributed by atoms with E-state index in [9.17, 15) is 9.90 Å². The van der Waals surface area contributed by atoms with Gasteiger partial charge in [0.15, 0.2) is 5.85 Å². The molecule has 2 aliphatic heterocycles. The second kappa shape index (κ2) is 2.19. The summed E-state index contributed by atoms with van der Waals surface area (Å²) in [4.78, 5) is 12.7. The smallest absolute Gasteiger partial charge is 0.239 e. The maximum Gasteiger partial charge on any atom is 0.239 e. The molecule has 4 nitrogen and oxygen atoms in total. The number of hydrogen-bond donors (Lipinski definition) is 2. The van der Waals surface area contributed by atoms with Crippen molar-refractivity contribution in [1.82, 2.24) is 10.2 Å². The van der Waals surface area contributed by atoms with Crippen LogP contribution in [0.5, 0.6) is 0 Å². The summed E-state index contributed by atoms with van der Waals surface area (Å²) < 4.78 is 0. The molecule has 0 aliphatic carbocycles. The molecule has 1 amide bonds. The summed E-state index contributed by atoms with van der Waals surface area (Å²) in [5.74, 6) is -0.984. The Morgan fingerprint density at radius 1 is 1.55 bits per heavy atom. The molecule has 0 radical (unpaired) electrons. The largest absolute Gasteiger partial charge is 0.358 e. The van der Waals surface area contributed by atoms with Crippen LogP contribution in [-0.2, 0) is 4.79 Å². The highest BCUT2D eigenvalue weighted by molar-refractivity contribution is 5.81. The molecular weight excluding hydrogens is 144 g/mol. The van der Waals surface area contributed by atoms with Crippen LogP contribution in [-0.4, -0.2) is 34.9 Å². The first-order valence-corrected chi connectivity index (χ1v) is 4.00. The zero-order valence-electron chi connectivity index (χ0n) is 6.34. The lowest BCUT2D eigenvalue weighted by Gasteiger charge is -2.36. The number of nitrogens with one attached hydrogen (secondary N) is 1. The molecular formula is C7H12N2O2. The first-order chi connectivity index (χ1) is 5.22. The van der Waals surface area contributed by atoms with E-state index in [1.807, 2.05) is 0 Å². The van der Waals surface area contributed by atoms with Crippen LogP contribution in [0, 0.1) is 0 Å². The molecule has 0 saturated carbocycles. The van der Waals surface area contributed by atoms with Crippen molar-refractivity contribution in [3.05, 3.63) is 0 Å². The molecule has 2 aliphatic rings. The van der Waals surface area contributed by atoms with E-state index in [0.717, 1.165) is 12.8 Å². The van der Waals surface area contributed by atoms with Gasteiger partial charge in [-0.2, -0.15) is 0 Å². The third kappa shape index (κ3) is 0.937. The van der Waals surface area contributed by atoms with E-state index in [4.69, 9.17) is 0 Å². The van der Waals surface area contributed by atoms with Gasteiger partial charge >= 0.3 is 0 Å². The number of carbonyl (C=O) groups excluding carboxylic acids is 1. The summed E-state index contributed by atoms with van der Waals surface area (Å²) in [6, 6.07) is 0. The minimum atomic E-state index is -1.00. The number of carbonyl (C=O) groups is 1. The molecule has 2 saturated heterocycles. The molecule has 0 aromatic carbocycles. The molecule has 2 fully saturated rings. The fraction of sp³-hybridized carbons (Fsp3) is 0.857. The third-order valence-electron chi connectivity index (χ3n) is 2.43. The predicted octanol–water partition coefficient (Wildman–Crippen LogP) is -0.752. The SMILES string of the molecule is O=C1CN[C@@]2(O)CCCCN12. The zero-order valence-corrected chi connectivity index (χ0v) is 6.34. The molecule has 2 rings (SSSR count). The number of amides is 1. The highest BCUT2D eigenvalue weighted by Gasteiger charge is 2.44. The summed E-state index contributed by atoms with van der Waals surface area (Å²) >= 11 is 0. The summed E-state index contributed by atoms with van der Waals surface area (Å²) in [5, 5.41) is 12.6. The molecule has 0 unspecified atom stereocenters. The molecule has 4 heteroatoms.